The molecule has 0 bridgehead atoms. The molecule has 108 valence electrons. The minimum Gasteiger partial charge on any atom is -0.367 e. The van der Waals surface area contributed by atoms with Crippen LogP contribution in [0.25, 0.3) is 22.4 Å². The van der Waals surface area contributed by atoms with E-state index in [-0.39, 0.29) is 0 Å². The number of aromatic nitrogens is 3. The Labute approximate surface area is 127 Å². The number of nitrogens with zero attached hydrogens (tertiary/aromatic N) is 3. The van der Waals surface area contributed by atoms with Crippen molar-refractivity contribution >= 4 is 17.5 Å². The molecule has 0 amide bonds. The van der Waals surface area contributed by atoms with E-state index in [9.17, 15) is 0 Å². The average Bonchev–Trinajstić information content (AvgIpc) is 3.02. The van der Waals surface area contributed by atoms with E-state index in [0.29, 0.717) is 16.6 Å². The summed E-state index contributed by atoms with van der Waals surface area (Å²) in [5.74, 6) is 0.290. The highest BCUT2D eigenvalue weighted by Crippen LogP contribution is 2.37. The van der Waals surface area contributed by atoms with E-state index < -0.39 is 0 Å². The molecule has 1 aromatic carbocycles. The monoisotopic (exact) mass is 302 g/mol. The fourth-order valence-electron chi connectivity index (χ4n) is 2.38. The summed E-state index contributed by atoms with van der Waals surface area (Å²) in [6, 6.07) is 7.43. The quantitative estimate of drug-likeness (QED) is 0.803. The average molecular weight is 303 g/mol. The molecular weight excluding hydrogens is 288 g/mol. The number of nitrogen functional groups attached to an aromatic ring is 1. The van der Waals surface area contributed by atoms with E-state index in [1.807, 2.05) is 37.5 Å². The number of benzene rings is 1. The van der Waals surface area contributed by atoms with Gasteiger partial charge in [0.15, 0.2) is 0 Å². The molecule has 0 saturated carbocycles. The van der Waals surface area contributed by atoms with Crippen LogP contribution in [-0.4, -0.2) is 14.9 Å². The third-order valence-electron chi connectivity index (χ3n) is 3.35. The van der Waals surface area contributed by atoms with Gasteiger partial charge in [0, 0.05) is 23.8 Å². The van der Waals surface area contributed by atoms with Gasteiger partial charge in [-0.25, -0.2) is 0 Å². The van der Waals surface area contributed by atoms with Gasteiger partial charge in [0.2, 0.25) is 5.88 Å². The van der Waals surface area contributed by atoms with Gasteiger partial charge < -0.3 is 10.3 Å². The number of aryl methyl sites for hydroxylation is 2. The SMILES string of the molecule is CCc1nn(C)cc1-c1noc(N)c1-c1ccc(Cl)cc1. The first kappa shape index (κ1) is 13.7. The van der Waals surface area contributed by atoms with E-state index in [1.165, 1.54) is 0 Å². The van der Waals surface area contributed by atoms with Gasteiger partial charge >= 0.3 is 0 Å². The number of rotatable bonds is 3. The van der Waals surface area contributed by atoms with Crippen molar-refractivity contribution in [1.29, 1.82) is 0 Å². The molecule has 0 saturated heterocycles. The van der Waals surface area contributed by atoms with Crippen LogP contribution in [0.3, 0.4) is 0 Å². The second-order valence-corrected chi connectivity index (χ2v) is 5.23. The van der Waals surface area contributed by atoms with Gasteiger partial charge in [-0.2, -0.15) is 5.10 Å². The first-order valence-electron chi connectivity index (χ1n) is 6.64. The molecule has 0 aliphatic heterocycles. The fraction of sp³-hybridized carbons (Fsp3) is 0.200. The predicted octanol–water partition coefficient (Wildman–Crippen LogP) is 3.54. The van der Waals surface area contributed by atoms with Crippen LogP contribution in [0.5, 0.6) is 0 Å². The smallest absolute Gasteiger partial charge is 0.230 e. The van der Waals surface area contributed by atoms with Crippen molar-refractivity contribution in [2.45, 2.75) is 13.3 Å². The van der Waals surface area contributed by atoms with Crippen LogP contribution in [0.4, 0.5) is 5.88 Å². The molecule has 3 aromatic rings. The Hall–Kier alpha value is -2.27. The van der Waals surface area contributed by atoms with Crippen LogP contribution in [0, 0.1) is 0 Å². The molecule has 0 radical (unpaired) electrons. The molecule has 2 aromatic heterocycles. The lowest BCUT2D eigenvalue weighted by molar-refractivity contribution is 0.439. The minimum atomic E-state index is 0.290. The third kappa shape index (κ3) is 2.40. The second kappa shape index (κ2) is 5.26. The molecule has 0 aliphatic carbocycles. The molecule has 0 atom stereocenters. The Morgan fingerprint density at radius 3 is 2.67 bits per heavy atom. The summed E-state index contributed by atoms with van der Waals surface area (Å²) >= 11 is 5.94. The number of halogens is 1. The molecule has 0 spiro atoms. The molecule has 2 heterocycles. The molecule has 0 fully saturated rings. The van der Waals surface area contributed by atoms with Crippen LogP contribution in [0.1, 0.15) is 12.6 Å². The van der Waals surface area contributed by atoms with Crippen LogP contribution >= 0.6 is 11.6 Å². The highest BCUT2D eigenvalue weighted by molar-refractivity contribution is 6.30. The lowest BCUT2D eigenvalue weighted by Crippen LogP contribution is -1.90. The van der Waals surface area contributed by atoms with Crippen LogP contribution in [0.2, 0.25) is 5.02 Å². The summed E-state index contributed by atoms with van der Waals surface area (Å²) in [5.41, 5.74) is 10.2. The third-order valence-corrected chi connectivity index (χ3v) is 3.60. The maximum atomic E-state index is 5.96. The molecule has 6 heteroatoms. The van der Waals surface area contributed by atoms with Crippen molar-refractivity contribution in [1.82, 2.24) is 14.9 Å². The van der Waals surface area contributed by atoms with Gasteiger partial charge in [-0.15, -0.1) is 0 Å². The van der Waals surface area contributed by atoms with Crippen molar-refractivity contribution in [3.63, 3.8) is 0 Å². The van der Waals surface area contributed by atoms with Crippen LogP contribution in [-0.2, 0) is 13.5 Å². The summed E-state index contributed by atoms with van der Waals surface area (Å²) in [4.78, 5) is 0. The van der Waals surface area contributed by atoms with E-state index in [4.69, 9.17) is 21.9 Å². The summed E-state index contributed by atoms with van der Waals surface area (Å²) in [7, 11) is 1.88. The first-order valence-corrected chi connectivity index (χ1v) is 7.02. The summed E-state index contributed by atoms with van der Waals surface area (Å²) in [6.07, 6.45) is 2.73. The second-order valence-electron chi connectivity index (χ2n) is 4.79. The Morgan fingerprint density at radius 2 is 2.00 bits per heavy atom. The van der Waals surface area contributed by atoms with Crippen LogP contribution in [0.15, 0.2) is 35.0 Å². The fourth-order valence-corrected chi connectivity index (χ4v) is 2.50. The summed E-state index contributed by atoms with van der Waals surface area (Å²) in [5, 5.41) is 9.23. The van der Waals surface area contributed by atoms with Crippen molar-refractivity contribution in [2.75, 3.05) is 5.73 Å². The molecule has 3 rings (SSSR count). The van der Waals surface area contributed by atoms with Gasteiger partial charge in [0.1, 0.15) is 5.69 Å². The van der Waals surface area contributed by atoms with Crippen molar-refractivity contribution in [3.05, 3.63) is 41.2 Å². The number of nitrogens with two attached hydrogens (primary N) is 1. The lowest BCUT2D eigenvalue weighted by atomic mass is 10.0. The van der Waals surface area contributed by atoms with Crippen LogP contribution < -0.4 is 5.73 Å². The zero-order valence-electron chi connectivity index (χ0n) is 11.8. The maximum Gasteiger partial charge on any atom is 0.230 e. The van der Waals surface area contributed by atoms with E-state index in [2.05, 4.69) is 17.2 Å². The molecule has 0 aliphatic rings. The minimum absolute atomic E-state index is 0.290. The number of hydrogen-bond acceptors (Lipinski definition) is 4. The predicted molar refractivity (Wildman–Crippen MR) is 82.9 cm³/mol. The number of anilines is 1. The maximum absolute atomic E-state index is 5.96. The Kier molecular flexibility index (Phi) is 3.43. The molecule has 5 nitrogen and oxygen atoms in total. The van der Waals surface area contributed by atoms with Crippen molar-refractivity contribution in [2.24, 2.45) is 7.05 Å². The van der Waals surface area contributed by atoms with Gasteiger partial charge in [-0.3, -0.25) is 4.68 Å². The highest BCUT2D eigenvalue weighted by Gasteiger charge is 2.21. The van der Waals surface area contributed by atoms with Gasteiger partial charge in [-0.05, 0) is 24.1 Å². The molecule has 0 unspecified atom stereocenters. The number of hydrogen-bond donors (Lipinski definition) is 1. The van der Waals surface area contributed by atoms with E-state index in [1.54, 1.807) is 4.68 Å². The first-order chi connectivity index (χ1) is 10.1. The van der Waals surface area contributed by atoms with Gasteiger partial charge in [0.25, 0.3) is 0 Å². The standard InChI is InChI=1S/C15H15ClN4O/c1-3-12-11(8-20(2)18-12)14-13(15(17)21-19-14)9-4-6-10(16)7-5-9/h4-8H,3,17H2,1-2H3. The van der Waals surface area contributed by atoms with E-state index >= 15 is 0 Å². The van der Waals surface area contributed by atoms with Gasteiger partial charge in [0.05, 0.1) is 11.3 Å². The zero-order valence-corrected chi connectivity index (χ0v) is 12.6. The molecule has 21 heavy (non-hydrogen) atoms. The highest BCUT2D eigenvalue weighted by atomic mass is 35.5. The normalized spacial score (nSPS) is 11.0. The summed E-state index contributed by atoms with van der Waals surface area (Å²) in [6.45, 7) is 2.05. The largest absolute Gasteiger partial charge is 0.367 e. The van der Waals surface area contributed by atoms with E-state index in [0.717, 1.165) is 28.8 Å². The Balaban J connectivity index is 2.19. The topological polar surface area (TPSA) is 69.9 Å². The lowest BCUT2D eigenvalue weighted by Gasteiger charge is -2.02. The molecule has 2 N–H and O–H groups in total. The Morgan fingerprint density at radius 1 is 1.29 bits per heavy atom. The Bertz CT molecular complexity index is 774. The van der Waals surface area contributed by atoms with Crippen molar-refractivity contribution in [3.8, 4) is 22.4 Å². The molecular formula is C15H15ClN4O. The van der Waals surface area contributed by atoms with Gasteiger partial charge in [-0.1, -0.05) is 35.8 Å². The zero-order chi connectivity index (χ0) is 15.0. The summed E-state index contributed by atoms with van der Waals surface area (Å²) < 4.78 is 6.97. The van der Waals surface area contributed by atoms with Crippen molar-refractivity contribution < 1.29 is 4.52 Å².